The van der Waals surface area contributed by atoms with E-state index < -0.39 is 70.7 Å². The van der Waals surface area contributed by atoms with Crippen LogP contribution in [0.25, 0.3) is 22.0 Å². The van der Waals surface area contributed by atoms with Crippen LogP contribution in [0.5, 0.6) is 0 Å². The summed E-state index contributed by atoms with van der Waals surface area (Å²) < 4.78 is 76.4. The van der Waals surface area contributed by atoms with E-state index >= 15 is 0 Å². The maximum Gasteiger partial charge on any atom is 0.408 e. The van der Waals surface area contributed by atoms with Crippen LogP contribution in [0.3, 0.4) is 0 Å². The molecule has 15 heteroatoms. The topological polar surface area (TPSA) is 124 Å². The van der Waals surface area contributed by atoms with Gasteiger partial charge in [0.25, 0.3) is 11.5 Å². The Labute approximate surface area is 258 Å². The van der Waals surface area contributed by atoms with E-state index in [-0.39, 0.29) is 12.0 Å². The zero-order valence-corrected chi connectivity index (χ0v) is 25.4. The van der Waals surface area contributed by atoms with Gasteiger partial charge in [-0.2, -0.15) is 13.2 Å². The Hall–Kier alpha value is -5.08. The van der Waals surface area contributed by atoms with Crippen LogP contribution in [0.1, 0.15) is 35.0 Å². The fourth-order valence-corrected chi connectivity index (χ4v) is 5.15. The second kappa shape index (κ2) is 13.1. The molecule has 0 aliphatic carbocycles. The third-order valence-corrected chi connectivity index (χ3v) is 7.71. The van der Waals surface area contributed by atoms with Gasteiger partial charge in [-0.05, 0) is 42.7 Å². The molecule has 2 N–H and O–H groups in total. The van der Waals surface area contributed by atoms with Gasteiger partial charge in [0.05, 0.1) is 18.2 Å². The third-order valence-electron chi connectivity index (χ3n) is 7.71. The number of fused-ring (bicyclic) bond motifs is 1. The van der Waals surface area contributed by atoms with E-state index in [9.17, 15) is 41.1 Å². The van der Waals surface area contributed by atoms with E-state index in [1.165, 1.54) is 31.8 Å². The first-order valence-corrected chi connectivity index (χ1v) is 13.9. The maximum atomic E-state index is 14.9. The first-order chi connectivity index (χ1) is 21.6. The van der Waals surface area contributed by atoms with Crippen molar-refractivity contribution in [2.45, 2.75) is 44.9 Å². The number of hydrogen-bond donors (Lipinski definition) is 2. The number of ether oxygens (including phenoxy) is 1. The van der Waals surface area contributed by atoms with Crippen LogP contribution in [-0.2, 0) is 30.0 Å². The number of rotatable bonds is 9. The minimum absolute atomic E-state index is 0.247. The fraction of sp³-hybridized carbons (Fsp3) is 0.323. The number of nitrogens with one attached hydrogen (secondary N) is 2. The monoisotopic (exact) mass is 647 g/mol. The zero-order chi connectivity index (χ0) is 34.1. The largest absolute Gasteiger partial charge is 0.467 e. The lowest BCUT2D eigenvalue weighted by molar-refractivity contribution is -0.143. The predicted molar refractivity (Wildman–Crippen MR) is 159 cm³/mol. The van der Waals surface area contributed by atoms with Gasteiger partial charge in [0.15, 0.2) is 0 Å². The van der Waals surface area contributed by atoms with Crippen molar-refractivity contribution in [1.29, 1.82) is 0 Å². The van der Waals surface area contributed by atoms with Crippen molar-refractivity contribution in [3.05, 3.63) is 91.9 Å². The number of hydrogen-bond acceptors (Lipinski definition) is 7. The zero-order valence-electron chi connectivity index (χ0n) is 25.4. The van der Waals surface area contributed by atoms with E-state index in [0.29, 0.717) is 39.9 Å². The van der Waals surface area contributed by atoms with Gasteiger partial charge in [-0.3, -0.25) is 19.1 Å². The van der Waals surface area contributed by atoms with Crippen molar-refractivity contribution < 1.29 is 36.3 Å². The van der Waals surface area contributed by atoms with Gasteiger partial charge in [-0.25, -0.2) is 18.4 Å². The molecule has 4 rings (SSSR count). The Morgan fingerprint density at radius 1 is 1.04 bits per heavy atom. The van der Waals surface area contributed by atoms with Crippen LogP contribution in [0, 0.1) is 18.6 Å². The van der Waals surface area contributed by atoms with Crippen molar-refractivity contribution in [2.24, 2.45) is 14.1 Å². The van der Waals surface area contributed by atoms with Crippen LogP contribution in [0.15, 0.2) is 52.2 Å². The summed E-state index contributed by atoms with van der Waals surface area (Å²) >= 11 is 0. The van der Waals surface area contributed by atoms with E-state index in [2.05, 4.69) is 10.3 Å². The molecule has 0 radical (unpaired) electrons. The van der Waals surface area contributed by atoms with Crippen molar-refractivity contribution in [3.63, 3.8) is 0 Å². The number of nitrogens with zero attached hydrogens (tertiary/aromatic N) is 3. The van der Waals surface area contributed by atoms with Gasteiger partial charge in [-0.15, -0.1) is 0 Å². The van der Waals surface area contributed by atoms with Crippen molar-refractivity contribution >= 4 is 28.5 Å². The van der Waals surface area contributed by atoms with Crippen molar-refractivity contribution in [3.8, 4) is 11.1 Å². The summed E-state index contributed by atoms with van der Waals surface area (Å²) in [5, 5.41) is 4.74. The molecule has 244 valence electrons. The molecule has 0 fully saturated rings. The number of esters is 1. The predicted octanol–water partition coefficient (Wildman–Crippen LogP) is 4.15. The molecule has 0 spiro atoms. The van der Waals surface area contributed by atoms with Crippen LogP contribution in [0.4, 0.5) is 27.6 Å². The molecular weight excluding hydrogens is 617 g/mol. The van der Waals surface area contributed by atoms with Gasteiger partial charge in [0, 0.05) is 43.5 Å². The quantitative estimate of drug-likeness (QED) is 0.207. The summed E-state index contributed by atoms with van der Waals surface area (Å²) in [5.41, 5.74) is -0.850. The molecule has 46 heavy (non-hydrogen) atoms. The second-order valence-corrected chi connectivity index (χ2v) is 10.6. The number of pyridine rings is 1. The minimum atomic E-state index is -4.68. The number of carbonyl (C=O) groups is 2. The Kier molecular flexibility index (Phi) is 9.63. The van der Waals surface area contributed by atoms with Crippen LogP contribution in [-0.4, -0.2) is 51.4 Å². The molecule has 2 heterocycles. The maximum absolute atomic E-state index is 14.9. The SMILES string of the molecule is CCC(Nc1cc(F)c(C(=O)NC(Cc2ccc(-c3c(C)n(C)c(=O)n(C)c3=O)c3cccnc23)C(=O)OC)c(F)c1)C(F)(F)F. The normalized spacial score (nSPS) is 12.9. The Morgan fingerprint density at radius 2 is 1.70 bits per heavy atom. The number of aromatic nitrogens is 3. The molecule has 0 saturated heterocycles. The fourth-order valence-electron chi connectivity index (χ4n) is 5.15. The summed E-state index contributed by atoms with van der Waals surface area (Å²) in [4.78, 5) is 55.7. The van der Waals surface area contributed by atoms with Gasteiger partial charge in [-0.1, -0.05) is 25.1 Å². The molecule has 0 aliphatic rings. The molecule has 4 aromatic rings. The molecule has 0 saturated carbocycles. The Morgan fingerprint density at radius 3 is 2.28 bits per heavy atom. The molecule has 1 amide bonds. The molecule has 2 unspecified atom stereocenters. The number of halogens is 5. The van der Waals surface area contributed by atoms with Gasteiger partial charge in [0.1, 0.15) is 29.3 Å². The molecule has 0 aliphatic heterocycles. The van der Waals surface area contributed by atoms with Gasteiger partial charge in [0.2, 0.25) is 0 Å². The smallest absolute Gasteiger partial charge is 0.408 e. The lowest BCUT2D eigenvalue weighted by Gasteiger charge is -2.22. The number of amides is 1. The summed E-state index contributed by atoms with van der Waals surface area (Å²) in [6.07, 6.45) is -3.89. The second-order valence-electron chi connectivity index (χ2n) is 10.6. The van der Waals surface area contributed by atoms with E-state index in [1.54, 1.807) is 31.2 Å². The van der Waals surface area contributed by atoms with Crippen LogP contribution in [0.2, 0.25) is 0 Å². The molecule has 10 nitrogen and oxygen atoms in total. The molecule has 0 bridgehead atoms. The standard InChI is InChI=1S/C31H30F5N5O5/c1-6-23(31(34,35)36)38-17-13-20(32)25(21(33)14-17)27(42)39-22(29(44)46-5)12-16-9-10-18(19-8-7-11-37-26(16)19)24-15(2)40(3)30(45)41(4)28(24)43/h7-11,13-14,22-23,38H,6,12H2,1-5H3,(H,39,42). The van der Waals surface area contributed by atoms with Gasteiger partial charge >= 0.3 is 17.8 Å². The summed E-state index contributed by atoms with van der Waals surface area (Å²) in [6, 6.07) is 4.01. The molecule has 2 aromatic carbocycles. The van der Waals surface area contributed by atoms with Gasteiger partial charge < -0.3 is 19.9 Å². The number of methoxy groups -OCH3 is 1. The van der Waals surface area contributed by atoms with E-state index in [4.69, 9.17) is 4.74 Å². The van der Waals surface area contributed by atoms with Crippen molar-refractivity contribution in [2.75, 3.05) is 12.4 Å². The molecule has 2 aromatic heterocycles. The average molecular weight is 648 g/mol. The van der Waals surface area contributed by atoms with E-state index in [1.807, 2.05) is 5.32 Å². The van der Waals surface area contributed by atoms with Crippen LogP contribution < -0.4 is 21.9 Å². The molecule has 2 atom stereocenters. The first kappa shape index (κ1) is 33.8. The number of alkyl halides is 3. The minimum Gasteiger partial charge on any atom is -0.467 e. The highest BCUT2D eigenvalue weighted by atomic mass is 19.4. The van der Waals surface area contributed by atoms with Crippen LogP contribution >= 0.6 is 0 Å². The first-order valence-electron chi connectivity index (χ1n) is 13.9. The Balaban J connectivity index is 1.70. The van der Waals surface area contributed by atoms with Crippen molar-refractivity contribution in [1.82, 2.24) is 19.4 Å². The summed E-state index contributed by atoms with van der Waals surface area (Å²) in [6.45, 7) is 2.86. The third kappa shape index (κ3) is 6.48. The lowest BCUT2D eigenvalue weighted by Crippen LogP contribution is -2.43. The number of anilines is 1. The number of carbonyl (C=O) groups excluding carboxylic acids is 2. The Bertz CT molecular complexity index is 1930. The highest BCUT2D eigenvalue weighted by Crippen LogP contribution is 2.31. The number of benzene rings is 2. The summed E-state index contributed by atoms with van der Waals surface area (Å²) in [5.74, 6) is -5.21. The highest BCUT2D eigenvalue weighted by molar-refractivity contribution is 5.99. The highest BCUT2D eigenvalue weighted by Gasteiger charge is 2.38. The summed E-state index contributed by atoms with van der Waals surface area (Å²) in [7, 11) is 3.93. The molecular formula is C31H30F5N5O5. The lowest BCUT2D eigenvalue weighted by atomic mass is 9.94. The van der Waals surface area contributed by atoms with E-state index in [0.717, 1.165) is 11.7 Å². The average Bonchev–Trinajstić information content (AvgIpc) is 3.00.